The lowest BCUT2D eigenvalue weighted by Crippen LogP contribution is -2.15. The largest absolute Gasteiger partial charge is 0.325 e. The number of carbonyl (C=O) groups is 2. The molecule has 1 aromatic heterocycles. The highest BCUT2D eigenvalue weighted by molar-refractivity contribution is 7.99. The van der Waals surface area contributed by atoms with E-state index < -0.39 is 0 Å². The van der Waals surface area contributed by atoms with Crippen LogP contribution in [0.3, 0.4) is 0 Å². The minimum absolute atomic E-state index is 0.179. The van der Waals surface area contributed by atoms with E-state index in [-0.39, 0.29) is 17.6 Å². The Labute approximate surface area is 176 Å². The number of carbonyl (C=O) groups excluding carboxylic acids is 2. The zero-order valence-corrected chi connectivity index (χ0v) is 16.9. The smallest absolute Gasteiger partial charge is 0.255 e. The normalized spacial score (nSPS) is 10.7. The van der Waals surface area contributed by atoms with E-state index in [9.17, 15) is 9.59 Å². The third-order valence-electron chi connectivity index (χ3n) is 4.35. The number of amides is 2. The molecule has 4 aromatic rings. The monoisotopic (exact) mass is 418 g/mol. The molecule has 4 rings (SSSR count). The molecule has 1 heterocycles. The summed E-state index contributed by atoms with van der Waals surface area (Å²) in [5.41, 5.74) is 1.84. The number of benzene rings is 3. The third kappa shape index (κ3) is 4.64. The van der Waals surface area contributed by atoms with Gasteiger partial charge in [0.1, 0.15) is 0 Å². The first kappa shape index (κ1) is 19.6. The van der Waals surface area contributed by atoms with Gasteiger partial charge in [0.05, 0.1) is 5.75 Å². The molecule has 0 atom stereocenters. The summed E-state index contributed by atoms with van der Waals surface area (Å²) in [6.07, 6.45) is 0. The van der Waals surface area contributed by atoms with Crippen molar-refractivity contribution >= 4 is 45.7 Å². The van der Waals surface area contributed by atoms with Crippen LogP contribution < -0.4 is 10.6 Å². The lowest BCUT2D eigenvalue weighted by molar-refractivity contribution is -0.113. The minimum atomic E-state index is -0.214. The minimum Gasteiger partial charge on any atom is -0.325 e. The number of nitrogens with one attached hydrogen (secondary N) is 2. The highest BCUT2D eigenvalue weighted by Gasteiger charge is 2.10. The van der Waals surface area contributed by atoms with Gasteiger partial charge in [0.15, 0.2) is 0 Å². The predicted octanol–water partition coefficient (Wildman–Crippen LogP) is 3.35. The van der Waals surface area contributed by atoms with Gasteiger partial charge in [-0.2, -0.15) is 0 Å². The maximum atomic E-state index is 12.5. The van der Waals surface area contributed by atoms with Gasteiger partial charge in [-0.1, -0.05) is 42.1 Å². The van der Waals surface area contributed by atoms with Crippen molar-refractivity contribution in [2.24, 2.45) is 7.05 Å². The Balaban J connectivity index is 1.34. The number of fused-ring (bicyclic) bond motifs is 1. The molecule has 8 nitrogen and oxygen atoms in total. The molecule has 0 spiro atoms. The van der Waals surface area contributed by atoms with Crippen molar-refractivity contribution in [3.63, 3.8) is 0 Å². The van der Waals surface area contributed by atoms with Crippen LogP contribution in [-0.4, -0.2) is 37.8 Å². The summed E-state index contributed by atoms with van der Waals surface area (Å²) in [6, 6.07) is 20.5. The van der Waals surface area contributed by atoms with Gasteiger partial charge >= 0.3 is 0 Å². The van der Waals surface area contributed by atoms with Crippen molar-refractivity contribution in [1.82, 2.24) is 20.2 Å². The second kappa shape index (κ2) is 8.75. The number of hydrogen-bond donors (Lipinski definition) is 2. The Kier molecular flexibility index (Phi) is 5.71. The fourth-order valence-electron chi connectivity index (χ4n) is 2.85. The van der Waals surface area contributed by atoms with Crippen LogP contribution >= 0.6 is 11.8 Å². The van der Waals surface area contributed by atoms with Gasteiger partial charge in [-0.25, -0.2) is 4.68 Å². The van der Waals surface area contributed by atoms with Crippen LogP contribution in [0.5, 0.6) is 0 Å². The van der Waals surface area contributed by atoms with Crippen LogP contribution in [0.2, 0.25) is 0 Å². The summed E-state index contributed by atoms with van der Waals surface area (Å²) in [5.74, 6) is -0.219. The van der Waals surface area contributed by atoms with E-state index in [1.165, 1.54) is 16.4 Å². The zero-order chi connectivity index (χ0) is 20.9. The second-order valence-corrected chi connectivity index (χ2v) is 7.46. The molecule has 0 saturated heterocycles. The second-order valence-electron chi connectivity index (χ2n) is 6.52. The summed E-state index contributed by atoms with van der Waals surface area (Å²) in [7, 11) is 1.71. The Morgan fingerprint density at radius 3 is 2.40 bits per heavy atom. The molecule has 9 heteroatoms. The highest BCUT2D eigenvalue weighted by atomic mass is 32.2. The fraction of sp³-hybridized carbons (Fsp3) is 0.0952. The molecule has 0 unspecified atom stereocenters. The number of hydrogen-bond acceptors (Lipinski definition) is 6. The molecule has 3 aromatic carbocycles. The first-order valence-electron chi connectivity index (χ1n) is 9.14. The van der Waals surface area contributed by atoms with Crippen LogP contribution in [0.25, 0.3) is 10.8 Å². The van der Waals surface area contributed by atoms with Gasteiger partial charge in [-0.15, -0.1) is 5.10 Å². The Bertz CT molecular complexity index is 1210. The molecule has 30 heavy (non-hydrogen) atoms. The molecule has 0 saturated carbocycles. The number of rotatable bonds is 6. The molecular weight excluding hydrogens is 400 g/mol. The standard InChI is InChI=1S/C21H18N6O2S/c1-27-21(24-25-26-27)30-13-19(28)22-17-9-7-15(8-10-17)20(29)23-18-11-6-14-4-2-3-5-16(14)12-18/h2-12H,13H2,1H3,(H,22,28)(H,23,29). The number of aromatic nitrogens is 4. The predicted molar refractivity (Wildman–Crippen MR) is 116 cm³/mol. The molecule has 0 aliphatic rings. The van der Waals surface area contributed by atoms with E-state index in [0.717, 1.165) is 16.5 Å². The number of tetrazole rings is 1. The van der Waals surface area contributed by atoms with Gasteiger partial charge in [0.25, 0.3) is 5.91 Å². The summed E-state index contributed by atoms with van der Waals surface area (Å²) < 4.78 is 1.50. The van der Waals surface area contributed by atoms with E-state index >= 15 is 0 Å². The van der Waals surface area contributed by atoms with Gasteiger partial charge in [-0.3, -0.25) is 9.59 Å². The first-order chi connectivity index (χ1) is 14.6. The van der Waals surface area contributed by atoms with Gasteiger partial charge in [0, 0.05) is 24.0 Å². The molecule has 0 radical (unpaired) electrons. The van der Waals surface area contributed by atoms with E-state index in [0.29, 0.717) is 16.4 Å². The summed E-state index contributed by atoms with van der Waals surface area (Å²) in [6.45, 7) is 0. The highest BCUT2D eigenvalue weighted by Crippen LogP contribution is 2.20. The van der Waals surface area contributed by atoms with Gasteiger partial charge in [-0.05, 0) is 57.6 Å². The molecule has 0 aliphatic carbocycles. The lowest BCUT2D eigenvalue weighted by atomic mass is 10.1. The average molecular weight is 418 g/mol. The van der Waals surface area contributed by atoms with Crippen molar-refractivity contribution < 1.29 is 9.59 Å². The molecule has 150 valence electrons. The Hall–Kier alpha value is -3.72. The number of thioether (sulfide) groups is 1. The van der Waals surface area contributed by atoms with Crippen molar-refractivity contribution in [1.29, 1.82) is 0 Å². The summed E-state index contributed by atoms with van der Waals surface area (Å²) >= 11 is 1.24. The van der Waals surface area contributed by atoms with E-state index in [4.69, 9.17) is 0 Å². The molecule has 2 N–H and O–H groups in total. The lowest BCUT2D eigenvalue weighted by Gasteiger charge is -2.08. The quantitative estimate of drug-likeness (QED) is 0.466. The Morgan fingerprint density at radius 1 is 0.933 bits per heavy atom. The van der Waals surface area contributed by atoms with E-state index in [1.54, 1.807) is 31.3 Å². The SMILES string of the molecule is Cn1nnnc1SCC(=O)Nc1ccc(C(=O)Nc2ccc3ccccc3c2)cc1. The summed E-state index contributed by atoms with van der Waals surface area (Å²) in [5, 5.41) is 19.5. The number of nitrogens with zero attached hydrogens (tertiary/aromatic N) is 4. The van der Waals surface area contributed by atoms with E-state index in [2.05, 4.69) is 26.2 Å². The maximum Gasteiger partial charge on any atom is 0.255 e. The van der Waals surface area contributed by atoms with Crippen LogP contribution in [-0.2, 0) is 11.8 Å². The average Bonchev–Trinajstić information content (AvgIpc) is 3.17. The molecule has 0 fully saturated rings. The van der Waals surface area contributed by atoms with Gasteiger partial charge in [0.2, 0.25) is 11.1 Å². The van der Waals surface area contributed by atoms with Crippen LogP contribution in [0.15, 0.2) is 71.9 Å². The van der Waals surface area contributed by atoms with Crippen LogP contribution in [0.4, 0.5) is 11.4 Å². The molecular formula is C21H18N6O2S. The summed E-state index contributed by atoms with van der Waals surface area (Å²) in [4.78, 5) is 24.6. The molecule has 2 amide bonds. The maximum absolute atomic E-state index is 12.5. The van der Waals surface area contributed by atoms with E-state index in [1.807, 2.05) is 42.5 Å². The molecule has 0 bridgehead atoms. The van der Waals surface area contributed by atoms with Crippen molar-refractivity contribution in [2.45, 2.75) is 5.16 Å². The zero-order valence-electron chi connectivity index (χ0n) is 16.1. The van der Waals surface area contributed by atoms with Crippen molar-refractivity contribution in [2.75, 3.05) is 16.4 Å². The van der Waals surface area contributed by atoms with Crippen molar-refractivity contribution in [3.05, 3.63) is 72.3 Å². The van der Waals surface area contributed by atoms with Gasteiger partial charge < -0.3 is 10.6 Å². The van der Waals surface area contributed by atoms with Crippen LogP contribution in [0, 0.1) is 0 Å². The number of anilines is 2. The third-order valence-corrected chi connectivity index (χ3v) is 5.36. The topological polar surface area (TPSA) is 102 Å². The molecule has 0 aliphatic heterocycles. The first-order valence-corrected chi connectivity index (χ1v) is 10.1. The Morgan fingerprint density at radius 2 is 1.67 bits per heavy atom. The van der Waals surface area contributed by atoms with Crippen LogP contribution in [0.1, 0.15) is 10.4 Å². The number of aryl methyl sites for hydroxylation is 1. The van der Waals surface area contributed by atoms with Crippen molar-refractivity contribution in [3.8, 4) is 0 Å². The fourth-order valence-corrected chi connectivity index (χ4v) is 3.50.